The van der Waals surface area contributed by atoms with Crippen LogP contribution < -0.4 is 5.32 Å². The molecule has 2 rings (SSSR count). The lowest BCUT2D eigenvalue weighted by Crippen LogP contribution is -2.38. The third-order valence-electron chi connectivity index (χ3n) is 3.20. The van der Waals surface area contributed by atoms with Crippen molar-refractivity contribution in [3.63, 3.8) is 0 Å². The van der Waals surface area contributed by atoms with E-state index in [0.29, 0.717) is 11.6 Å². The molecule has 1 N–H and O–H groups in total. The van der Waals surface area contributed by atoms with Gasteiger partial charge in [-0.2, -0.15) is 0 Å². The van der Waals surface area contributed by atoms with E-state index in [1.54, 1.807) is 4.90 Å². The van der Waals surface area contributed by atoms with Gasteiger partial charge in [0.15, 0.2) is 0 Å². The van der Waals surface area contributed by atoms with Gasteiger partial charge in [-0.3, -0.25) is 9.59 Å². The molecule has 1 unspecified atom stereocenters. The molecule has 0 spiro atoms. The molecule has 1 aromatic carbocycles. The van der Waals surface area contributed by atoms with Gasteiger partial charge in [0.25, 0.3) is 5.24 Å². The van der Waals surface area contributed by atoms with Gasteiger partial charge < -0.3 is 10.2 Å². The summed E-state index contributed by atoms with van der Waals surface area (Å²) in [7, 11) is 0. The summed E-state index contributed by atoms with van der Waals surface area (Å²) >= 11 is 7.12. The molecule has 20 heavy (non-hydrogen) atoms. The zero-order chi connectivity index (χ0) is 14.5. The van der Waals surface area contributed by atoms with Crippen LogP contribution in [0.3, 0.4) is 0 Å². The van der Waals surface area contributed by atoms with Crippen molar-refractivity contribution < 1.29 is 9.59 Å². The fourth-order valence-corrected chi connectivity index (χ4v) is 3.05. The Hall–Kier alpha value is -1.20. The lowest BCUT2D eigenvalue weighted by Gasteiger charge is -2.20. The van der Waals surface area contributed by atoms with Gasteiger partial charge in [0, 0.05) is 17.3 Å². The average molecular weight is 313 g/mol. The number of hydrogen-bond acceptors (Lipinski definition) is 3. The molecule has 1 heterocycles. The molecule has 108 valence electrons. The first-order valence-electron chi connectivity index (χ1n) is 6.56. The number of nitrogens with one attached hydrogen (secondary N) is 1. The Morgan fingerprint density at radius 2 is 2.15 bits per heavy atom. The fourth-order valence-electron chi connectivity index (χ4n) is 2.10. The molecule has 1 aliphatic rings. The van der Waals surface area contributed by atoms with E-state index in [-0.39, 0.29) is 23.7 Å². The zero-order valence-electron chi connectivity index (χ0n) is 11.3. The first kappa shape index (κ1) is 15.2. The molecule has 0 bridgehead atoms. The number of carbonyl (C=O) groups excluding carboxylic acids is 2. The molecule has 1 atom stereocenters. The Labute approximate surface area is 127 Å². The van der Waals surface area contributed by atoms with E-state index in [9.17, 15) is 9.59 Å². The van der Waals surface area contributed by atoms with Gasteiger partial charge in [-0.25, -0.2) is 0 Å². The van der Waals surface area contributed by atoms with Crippen molar-refractivity contribution in [1.82, 2.24) is 10.2 Å². The normalized spacial score (nSPS) is 16.3. The lowest BCUT2D eigenvalue weighted by atomic mass is 10.0. The highest BCUT2D eigenvalue weighted by Crippen LogP contribution is 2.20. The van der Waals surface area contributed by atoms with Crippen LogP contribution in [0.25, 0.3) is 0 Å². The number of carbonyl (C=O) groups is 2. The van der Waals surface area contributed by atoms with Gasteiger partial charge in [0.2, 0.25) is 5.91 Å². The van der Waals surface area contributed by atoms with E-state index in [1.165, 1.54) is 11.8 Å². The van der Waals surface area contributed by atoms with Crippen molar-refractivity contribution in [3.8, 4) is 0 Å². The standard InChI is InChI=1S/C14H17ClN2O2S/c1-2-12(10-3-5-11(15)6-4-10)16-13(18)9-17-7-8-20-14(17)19/h3-6,12H,2,7-9H2,1H3,(H,16,18). The van der Waals surface area contributed by atoms with Gasteiger partial charge in [-0.1, -0.05) is 42.4 Å². The van der Waals surface area contributed by atoms with Crippen LogP contribution in [0.5, 0.6) is 0 Å². The van der Waals surface area contributed by atoms with Crippen LogP contribution in [0.2, 0.25) is 5.02 Å². The molecule has 6 heteroatoms. The maximum absolute atomic E-state index is 12.0. The summed E-state index contributed by atoms with van der Waals surface area (Å²) in [6, 6.07) is 7.39. The number of thioether (sulfide) groups is 1. The highest BCUT2D eigenvalue weighted by Gasteiger charge is 2.24. The zero-order valence-corrected chi connectivity index (χ0v) is 12.8. The first-order valence-corrected chi connectivity index (χ1v) is 7.93. The Kier molecular flexibility index (Phi) is 5.31. The number of nitrogens with zero attached hydrogens (tertiary/aromatic N) is 1. The van der Waals surface area contributed by atoms with Crippen LogP contribution in [0.15, 0.2) is 24.3 Å². The van der Waals surface area contributed by atoms with Gasteiger partial charge in [-0.05, 0) is 24.1 Å². The summed E-state index contributed by atoms with van der Waals surface area (Å²) in [5.41, 5.74) is 1.02. The highest BCUT2D eigenvalue weighted by molar-refractivity contribution is 8.13. The number of benzene rings is 1. The second-order valence-electron chi connectivity index (χ2n) is 4.62. The van der Waals surface area contributed by atoms with Crippen molar-refractivity contribution in [2.45, 2.75) is 19.4 Å². The Balaban J connectivity index is 1.94. The quantitative estimate of drug-likeness (QED) is 0.909. The van der Waals surface area contributed by atoms with E-state index in [2.05, 4.69) is 5.32 Å². The molecule has 0 aliphatic carbocycles. The van der Waals surface area contributed by atoms with Gasteiger partial charge in [0.05, 0.1) is 6.04 Å². The Morgan fingerprint density at radius 1 is 1.45 bits per heavy atom. The summed E-state index contributed by atoms with van der Waals surface area (Å²) in [4.78, 5) is 25.1. The van der Waals surface area contributed by atoms with Crippen LogP contribution in [0.1, 0.15) is 24.9 Å². The predicted octanol–water partition coefficient (Wildman–Crippen LogP) is 3.08. The maximum Gasteiger partial charge on any atom is 0.282 e. The SMILES string of the molecule is CCC(NC(=O)CN1CCSC1=O)c1ccc(Cl)cc1. The summed E-state index contributed by atoms with van der Waals surface area (Å²) in [5, 5.41) is 3.63. The Morgan fingerprint density at radius 3 is 2.70 bits per heavy atom. The summed E-state index contributed by atoms with van der Waals surface area (Å²) in [5.74, 6) is 0.642. The molecule has 0 saturated carbocycles. The third-order valence-corrected chi connectivity index (χ3v) is 4.34. The van der Waals surface area contributed by atoms with Crippen LogP contribution in [0.4, 0.5) is 4.79 Å². The van der Waals surface area contributed by atoms with Crippen LogP contribution in [-0.2, 0) is 4.79 Å². The van der Waals surface area contributed by atoms with E-state index in [4.69, 9.17) is 11.6 Å². The molecule has 4 nitrogen and oxygen atoms in total. The average Bonchev–Trinajstić information content (AvgIpc) is 2.83. The minimum absolute atomic E-state index is 0.0142. The second kappa shape index (κ2) is 6.99. The lowest BCUT2D eigenvalue weighted by molar-refractivity contribution is -0.122. The van der Waals surface area contributed by atoms with Crippen LogP contribution in [-0.4, -0.2) is 34.9 Å². The minimum Gasteiger partial charge on any atom is -0.348 e. The predicted molar refractivity (Wildman–Crippen MR) is 82.1 cm³/mol. The fraction of sp³-hybridized carbons (Fsp3) is 0.429. The summed E-state index contributed by atoms with van der Waals surface area (Å²) in [6.07, 6.45) is 0.788. The van der Waals surface area contributed by atoms with E-state index in [0.717, 1.165) is 17.7 Å². The van der Waals surface area contributed by atoms with Gasteiger partial charge in [-0.15, -0.1) is 0 Å². The molecule has 0 radical (unpaired) electrons. The van der Waals surface area contributed by atoms with E-state index < -0.39 is 0 Å². The first-order chi connectivity index (χ1) is 9.60. The van der Waals surface area contributed by atoms with Crippen LogP contribution >= 0.6 is 23.4 Å². The number of halogens is 1. The van der Waals surface area contributed by atoms with Crippen molar-refractivity contribution in [2.75, 3.05) is 18.8 Å². The van der Waals surface area contributed by atoms with Crippen LogP contribution in [0, 0.1) is 0 Å². The van der Waals surface area contributed by atoms with E-state index >= 15 is 0 Å². The summed E-state index contributed by atoms with van der Waals surface area (Å²) in [6.45, 7) is 2.79. The van der Waals surface area contributed by atoms with Gasteiger partial charge in [0.1, 0.15) is 6.54 Å². The van der Waals surface area contributed by atoms with E-state index in [1.807, 2.05) is 31.2 Å². The number of hydrogen-bond donors (Lipinski definition) is 1. The molecule has 2 amide bonds. The van der Waals surface area contributed by atoms with Crippen molar-refractivity contribution in [3.05, 3.63) is 34.9 Å². The summed E-state index contributed by atoms with van der Waals surface area (Å²) < 4.78 is 0. The maximum atomic E-state index is 12.0. The number of amides is 2. The molecule has 1 saturated heterocycles. The Bertz CT molecular complexity index is 492. The molecule has 0 aromatic heterocycles. The van der Waals surface area contributed by atoms with Crippen molar-refractivity contribution in [1.29, 1.82) is 0 Å². The smallest absolute Gasteiger partial charge is 0.282 e. The van der Waals surface area contributed by atoms with Gasteiger partial charge >= 0.3 is 0 Å². The minimum atomic E-state index is -0.123. The highest BCUT2D eigenvalue weighted by atomic mass is 35.5. The molecular formula is C14H17ClN2O2S. The monoisotopic (exact) mass is 312 g/mol. The molecule has 1 aliphatic heterocycles. The molecular weight excluding hydrogens is 296 g/mol. The molecule has 1 fully saturated rings. The van der Waals surface area contributed by atoms with Crippen molar-refractivity contribution in [2.24, 2.45) is 0 Å². The second-order valence-corrected chi connectivity index (χ2v) is 6.10. The molecule has 1 aromatic rings. The van der Waals surface area contributed by atoms with Crippen molar-refractivity contribution >= 4 is 34.5 Å². The third kappa shape index (κ3) is 3.90. The number of rotatable bonds is 5. The largest absolute Gasteiger partial charge is 0.348 e. The topological polar surface area (TPSA) is 49.4 Å².